The van der Waals surface area contributed by atoms with Crippen molar-refractivity contribution in [1.29, 1.82) is 0 Å². The van der Waals surface area contributed by atoms with Crippen LogP contribution in [-0.2, 0) is 30.9 Å². The Kier molecular flexibility index (Phi) is 7.94. The maximum absolute atomic E-state index is 5.96. The van der Waals surface area contributed by atoms with Crippen LogP contribution in [0.4, 0.5) is 0 Å². The van der Waals surface area contributed by atoms with Crippen LogP contribution in [0.1, 0.15) is 22.3 Å². The molecule has 3 aromatic carbocycles. The Hall–Kier alpha value is -2.86. The molecule has 2 N–H and O–H groups in total. The van der Waals surface area contributed by atoms with Crippen molar-refractivity contribution >= 4 is 0 Å². The zero-order chi connectivity index (χ0) is 21.1. The Bertz CT molecular complexity index is 888. The molecule has 0 saturated carbocycles. The lowest BCUT2D eigenvalue weighted by Crippen LogP contribution is -2.17. The van der Waals surface area contributed by atoms with Crippen LogP contribution >= 0.6 is 0 Å². The number of para-hydroxylation sites is 2. The number of rotatable bonds is 0. The van der Waals surface area contributed by atoms with E-state index in [0.717, 1.165) is 48.8 Å². The molecule has 1 aliphatic heterocycles. The van der Waals surface area contributed by atoms with Gasteiger partial charge < -0.3 is 24.8 Å². The van der Waals surface area contributed by atoms with Crippen LogP contribution in [0, 0.1) is 0 Å². The van der Waals surface area contributed by atoms with E-state index in [1.807, 2.05) is 36.4 Å². The monoisotopic (exact) mass is 418 g/mol. The summed E-state index contributed by atoms with van der Waals surface area (Å²) in [5.74, 6) is 1.80. The number of benzene rings is 3. The first-order chi connectivity index (χ1) is 15.4. The molecule has 0 fully saturated rings. The molecule has 1 aliphatic rings. The van der Waals surface area contributed by atoms with Crippen LogP contribution in [0.2, 0.25) is 0 Å². The van der Waals surface area contributed by atoms with E-state index in [0.29, 0.717) is 26.4 Å². The Labute approximate surface area is 184 Å². The van der Waals surface area contributed by atoms with E-state index in [9.17, 15) is 0 Å². The molecule has 0 amide bonds. The van der Waals surface area contributed by atoms with Crippen LogP contribution in [0.5, 0.6) is 11.5 Å². The van der Waals surface area contributed by atoms with Gasteiger partial charge in [0.05, 0.1) is 13.2 Å². The average Bonchev–Trinajstić information content (AvgIpc) is 2.80. The molecule has 2 bridgehead atoms. The van der Waals surface area contributed by atoms with Gasteiger partial charge in [-0.15, -0.1) is 0 Å². The standard InChI is InChI=1S/C26H30N2O3/c1-3-10-25-23(8-1)19-27-17-21-6-5-7-22(16-21)18-28-20-24-9-2-4-11-26(24)31-15-13-29-12-14-30-25/h1-11,16,27-28H,12-15,17-20H2. The Morgan fingerprint density at radius 1 is 0.516 bits per heavy atom. The fraction of sp³-hybridized carbons (Fsp3) is 0.308. The van der Waals surface area contributed by atoms with Gasteiger partial charge in [-0.1, -0.05) is 60.7 Å². The van der Waals surface area contributed by atoms with Crippen molar-refractivity contribution in [1.82, 2.24) is 10.6 Å². The van der Waals surface area contributed by atoms with Crippen LogP contribution in [-0.4, -0.2) is 26.4 Å². The van der Waals surface area contributed by atoms with Crippen molar-refractivity contribution < 1.29 is 14.2 Å². The Morgan fingerprint density at radius 2 is 1.03 bits per heavy atom. The smallest absolute Gasteiger partial charge is 0.123 e. The van der Waals surface area contributed by atoms with Crippen molar-refractivity contribution in [3.63, 3.8) is 0 Å². The quantitative estimate of drug-likeness (QED) is 0.577. The molecule has 0 atom stereocenters. The largest absolute Gasteiger partial charge is 0.491 e. The third-order valence-electron chi connectivity index (χ3n) is 5.20. The molecular formula is C26H30N2O3. The lowest BCUT2D eigenvalue weighted by atomic mass is 10.1. The van der Waals surface area contributed by atoms with Crippen LogP contribution in [0.25, 0.3) is 0 Å². The number of nitrogens with one attached hydrogen (secondary N) is 2. The molecule has 31 heavy (non-hydrogen) atoms. The molecule has 0 saturated heterocycles. The maximum Gasteiger partial charge on any atom is 0.123 e. The van der Waals surface area contributed by atoms with Gasteiger partial charge in [0.25, 0.3) is 0 Å². The van der Waals surface area contributed by atoms with E-state index in [4.69, 9.17) is 14.2 Å². The zero-order valence-corrected chi connectivity index (χ0v) is 17.8. The molecule has 5 heteroatoms. The van der Waals surface area contributed by atoms with Gasteiger partial charge in [-0.3, -0.25) is 0 Å². The summed E-state index contributed by atoms with van der Waals surface area (Å²) < 4.78 is 17.6. The first-order valence-corrected chi connectivity index (χ1v) is 10.9. The van der Waals surface area contributed by atoms with Crippen LogP contribution < -0.4 is 20.1 Å². The van der Waals surface area contributed by atoms with Gasteiger partial charge in [-0.2, -0.15) is 0 Å². The van der Waals surface area contributed by atoms with Gasteiger partial charge in [0, 0.05) is 37.3 Å². The van der Waals surface area contributed by atoms with Crippen LogP contribution in [0.3, 0.4) is 0 Å². The van der Waals surface area contributed by atoms with E-state index in [1.54, 1.807) is 0 Å². The topological polar surface area (TPSA) is 51.8 Å². The normalized spacial score (nSPS) is 16.1. The average molecular weight is 419 g/mol. The summed E-state index contributed by atoms with van der Waals surface area (Å²) in [5.41, 5.74) is 4.83. The highest BCUT2D eigenvalue weighted by Gasteiger charge is 2.06. The first-order valence-electron chi connectivity index (χ1n) is 10.9. The lowest BCUT2D eigenvalue weighted by molar-refractivity contribution is 0.0759. The van der Waals surface area contributed by atoms with Crippen molar-refractivity contribution in [2.45, 2.75) is 26.2 Å². The lowest BCUT2D eigenvalue weighted by Gasteiger charge is -2.15. The predicted octanol–water partition coefficient (Wildman–Crippen LogP) is 4.05. The minimum absolute atomic E-state index is 0.513. The summed E-state index contributed by atoms with van der Waals surface area (Å²) in [6.07, 6.45) is 0. The second-order valence-electron chi connectivity index (χ2n) is 7.55. The van der Waals surface area contributed by atoms with Crippen LogP contribution in [0.15, 0.2) is 72.8 Å². The molecule has 0 aliphatic carbocycles. The molecule has 0 unspecified atom stereocenters. The van der Waals surface area contributed by atoms with E-state index in [-0.39, 0.29) is 0 Å². The summed E-state index contributed by atoms with van der Waals surface area (Å²) in [7, 11) is 0. The highest BCUT2D eigenvalue weighted by atomic mass is 16.5. The number of hydrogen-bond donors (Lipinski definition) is 2. The maximum atomic E-state index is 5.96. The summed E-state index contributed by atoms with van der Waals surface area (Å²) >= 11 is 0. The zero-order valence-electron chi connectivity index (χ0n) is 17.8. The molecule has 1 heterocycles. The van der Waals surface area contributed by atoms with Crippen molar-refractivity contribution in [2.75, 3.05) is 26.4 Å². The van der Waals surface area contributed by atoms with E-state index >= 15 is 0 Å². The summed E-state index contributed by atoms with van der Waals surface area (Å²) in [6, 6.07) is 25.0. The first kappa shape index (κ1) is 21.4. The predicted molar refractivity (Wildman–Crippen MR) is 122 cm³/mol. The van der Waals surface area contributed by atoms with Crippen molar-refractivity contribution in [3.05, 3.63) is 95.1 Å². The summed E-state index contributed by atoms with van der Waals surface area (Å²) in [5, 5.41) is 7.08. The molecule has 0 aromatic heterocycles. The minimum atomic E-state index is 0.513. The highest BCUT2D eigenvalue weighted by Crippen LogP contribution is 2.19. The molecule has 5 nitrogen and oxygen atoms in total. The Balaban J connectivity index is 1.45. The Morgan fingerprint density at radius 3 is 1.58 bits per heavy atom. The number of ether oxygens (including phenoxy) is 3. The fourth-order valence-corrected chi connectivity index (χ4v) is 3.64. The van der Waals surface area contributed by atoms with E-state index in [1.165, 1.54) is 11.1 Å². The molecular weight excluding hydrogens is 388 g/mol. The molecule has 162 valence electrons. The molecule has 0 spiro atoms. The number of fused-ring (bicyclic) bond motifs is 4. The fourth-order valence-electron chi connectivity index (χ4n) is 3.64. The van der Waals surface area contributed by atoms with Gasteiger partial charge in [-0.25, -0.2) is 0 Å². The number of hydrogen-bond acceptors (Lipinski definition) is 5. The summed E-state index contributed by atoms with van der Waals surface area (Å²) in [4.78, 5) is 0. The molecule has 0 radical (unpaired) electrons. The van der Waals surface area contributed by atoms with Gasteiger partial charge in [-0.05, 0) is 23.3 Å². The second kappa shape index (κ2) is 11.5. The highest BCUT2D eigenvalue weighted by molar-refractivity contribution is 5.34. The van der Waals surface area contributed by atoms with Gasteiger partial charge in [0.15, 0.2) is 0 Å². The van der Waals surface area contributed by atoms with Gasteiger partial charge in [0.1, 0.15) is 24.7 Å². The second-order valence-corrected chi connectivity index (χ2v) is 7.55. The van der Waals surface area contributed by atoms with E-state index in [2.05, 4.69) is 47.0 Å². The SMILES string of the molecule is c1cc2cc(c1)CNCc1ccccc1OCCOCCOc1ccccc1CNC2. The van der Waals surface area contributed by atoms with Crippen molar-refractivity contribution in [2.24, 2.45) is 0 Å². The van der Waals surface area contributed by atoms with Crippen molar-refractivity contribution in [3.8, 4) is 11.5 Å². The van der Waals surface area contributed by atoms with E-state index < -0.39 is 0 Å². The minimum Gasteiger partial charge on any atom is -0.491 e. The molecule has 4 rings (SSSR count). The van der Waals surface area contributed by atoms with Gasteiger partial charge in [0.2, 0.25) is 0 Å². The van der Waals surface area contributed by atoms with Gasteiger partial charge >= 0.3 is 0 Å². The molecule has 3 aromatic rings. The summed E-state index contributed by atoms with van der Waals surface area (Å²) in [6.45, 7) is 5.21. The third-order valence-corrected chi connectivity index (χ3v) is 5.20. The third kappa shape index (κ3) is 6.56.